The van der Waals surface area contributed by atoms with Gasteiger partial charge in [-0.1, -0.05) is 42.5 Å². The Morgan fingerprint density at radius 2 is 1.84 bits per heavy atom. The summed E-state index contributed by atoms with van der Waals surface area (Å²) in [6.07, 6.45) is -8.07. The number of amides is 2. The third-order valence-corrected chi connectivity index (χ3v) is 3.09. The second-order valence-corrected chi connectivity index (χ2v) is 5.00. The highest BCUT2D eigenvalue weighted by Crippen LogP contribution is 2.17. The average molecular weight is 347 g/mol. The molecule has 0 bridgehead atoms. The van der Waals surface area contributed by atoms with Crippen LogP contribution in [0.4, 0.5) is 16.2 Å². The topological polar surface area (TPSA) is 84.7 Å². The third kappa shape index (κ3) is 6.18. The van der Waals surface area contributed by atoms with Crippen molar-refractivity contribution >= 4 is 23.4 Å². The van der Waals surface area contributed by atoms with Gasteiger partial charge in [-0.3, -0.25) is 4.79 Å². The molecule has 2 amide bonds. The molecule has 0 saturated heterocycles. The first kappa shape index (κ1) is 11.5. The zero-order valence-corrected chi connectivity index (χ0v) is 13.7. The molecule has 0 saturated carbocycles. The highest BCUT2D eigenvalue weighted by atomic mass is 16.6. The highest BCUT2D eigenvalue weighted by molar-refractivity contribution is 5.93. The Hall–Kier alpha value is -3.02. The molecule has 0 aliphatic rings. The molecule has 6 heteroatoms. The van der Waals surface area contributed by atoms with E-state index < -0.39 is 31.2 Å². The molecule has 0 spiro atoms. The Kier molecular flexibility index (Phi) is 4.29. The first-order chi connectivity index (χ1) is 14.3. The fraction of sp³-hybridized carbons (Fsp3) is 0.263. The summed E-state index contributed by atoms with van der Waals surface area (Å²) in [5.41, 5.74) is 6.50. The highest BCUT2D eigenvalue weighted by Gasteiger charge is 2.11. The number of nitrogens with two attached hydrogens (primary N) is 1. The van der Waals surface area contributed by atoms with Crippen LogP contribution in [0.2, 0.25) is 0 Å². The summed E-state index contributed by atoms with van der Waals surface area (Å²) >= 11 is 0. The van der Waals surface area contributed by atoms with Crippen LogP contribution in [0.3, 0.4) is 0 Å². The molecule has 0 radical (unpaired) electrons. The van der Waals surface area contributed by atoms with Gasteiger partial charge in [-0.2, -0.15) is 0 Å². The van der Waals surface area contributed by atoms with Gasteiger partial charge in [-0.05, 0) is 24.1 Å². The van der Waals surface area contributed by atoms with Crippen molar-refractivity contribution in [3.8, 4) is 0 Å². The zero-order chi connectivity index (χ0) is 23.4. The molecule has 0 aromatic heterocycles. The molecule has 2 aromatic carbocycles. The van der Waals surface area contributed by atoms with E-state index in [4.69, 9.17) is 18.7 Å². The Morgan fingerprint density at radius 3 is 2.56 bits per heavy atom. The molecule has 0 aliphatic heterocycles. The normalized spacial score (nSPS) is 15.4. The summed E-state index contributed by atoms with van der Waals surface area (Å²) in [4.78, 5) is 25.1. The molecule has 25 heavy (non-hydrogen) atoms. The smallest absolute Gasteiger partial charge is 0.409 e. The largest absolute Gasteiger partial charge is 0.445 e. The molecule has 2 rings (SSSR count). The number of nitrogen functional groups attached to an aromatic ring is 1. The summed E-state index contributed by atoms with van der Waals surface area (Å²) in [5, 5.41) is 2.16. The summed E-state index contributed by atoms with van der Waals surface area (Å²) in [5.74, 6) is -1.45. The molecule has 132 valence electrons. The van der Waals surface area contributed by atoms with Gasteiger partial charge in [0.1, 0.15) is 6.61 Å². The lowest BCUT2D eigenvalue weighted by molar-refractivity contribution is -0.116. The van der Waals surface area contributed by atoms with Crippen molar-refractivity contribution in [1.29, 1.82) is 0 Å². The minimum atomic E-state index is -3.46. The van der Waals surface area contributed by atoms with Crippen LogP contribution in [0, 0.1) is 0 Å². The van der Waals surface area contributed by atoms with Crippen LogP contribution in [0.5, 0.6) is 0 Å². The van der Waals surface area contributed by atoms with E-state index in [-0.39, 0.29) is 22.9 Å². The maximum absolute atomic E-state index is 12.5. The quantitative estimate of drug-likeness (QED) is 0.753. The van der Waals surface area contributed by atoms with Crippen molar-refractivity contribution in [3.05, 3.63) is 60.2 Å². The predicted molar refractivity (Wildman–Crippen MR) is 98.0 cm³/mol. The van der Waals surface area contributed by atoms with Crippen LogP contribution in [0.15, 0.2) is 54.6 Å². The van der Waals surface area contributed by atoms with Crippen LogP contribution in [0.1, 0.15) is 26.5 Å². The number of hydrogen-bond donors (Lipinski definition) is 2. The molecule has 0 fully saturated rings. The molecule has 0 atom stereocenters. The number of carbonyl (C=O) groups excluding carboxylic acids is 2. The van der Waals surface area contributed by atoms with E-state index in [0.717, 1.165) is 7.05 Å². The minimum absolute atomic E-state index is 0.0448. The molecular formula is C19H23N3O3. The fourth-order valence-corrected chi connectivity index (χ4v) is 1.79. The van der Waals surface area contributed by atoms with Gasteiger partial charge in [0.2, 0.25) is 5.91 Å². The zero-order valence-electron chi connectivity index (χ0n) is 19.7. The summed E-state index contributed by atoms with van der Waals surface area (Å²) in [6.45, 7) is -3.44. The Bertz CT molecular complexity index is 940. The van der Waals surface area contributed by atoms with E-state index in [0.29, 0.717) is 5.56 Å². The lowest BCUT2D eigenvalue weighted by atomic mass is 10.2. The van der Waals surface area contributed by atoms with Gasteiger partial charge in [-0.25, -0.2) is 4.79 Å². The molecule has 0 heterocycles. The number of anilines is 2. The van der Waals surface area contributed by atoms with Gasteiger partial charge in [0, 0.05) is 28.1 Å². The minimum Gasteiger partial charge on any atom is -0.445 e. The van der Waals surface area contributed by atoms with Crippen LogP contribution in [-0.2, 0) is 16.1 Å². The molecule has 0 unspecified atom stereocenters. The monoisotopic (exact) mass is 347 g/mol. The number of rotatable bonds is 7. The van der Waals surface area contributed by atoms with Crippen molar-refractivity contribution in [2.24, 2.45) is 0 Å². The third-order valence-electron chi connectivity index (χ3n) is 3.09. The predicted octanol–water partition coefficient (Wildman–Crippen LogP) is 3.26. The van der Waals surface area contributed by atoms with Crippen LogP contribution in [-0.4, -0.2) is 30.4 Å². The Labute approximate surface area is 156 Å². The molecule has 6 nitrogen and oxygen atoms in total. The van der Waals surface area contributed by atoms with Crippen molar-refractivity contribution < 1.29 is 22.6 Å². The van der Waals surface area contributed by atoms with Crippen molar-refractivity contribution in [2.45, 2.75) is 19.4 Å². The van der Waals surface area contributed by atoms with Gasteiger partial charge in [0.25, 0.3) is 0 Å². The van der Waals surface area contributed by atoms with E-state index in [9.17, 15) is 9.59 Å². The van der Waals surface area contributed by atoms with Gasteiger partial charge < -0.3 is 20.7 Å². The van der Waals surface area contributed by atoms with E-state index in [1.165, 1.54) is 18.2 Å². The van der Waals surface area contributed by atoms with E-state index >= 15 is 0 Å². The van der Waals surface area contributed by atoms with E-state index in [1.807, 2.05) is 0 Å². The summed E-state index contributed by atoms with van der Waals surface area (Å²) in [7, 11) is 0.925. The number of carbonyl (C=O) groups is 2. The number of ether oxygens (including phenoxy) is 1. The first-order valence-electron chi connectivity index (χ1n) is 10.4. The van der Waals surface area contributed by atoms with E-state index in [1.54, 1.807) is 36.4 Å². The number of hydrogen-bond acceptors (Lipinski definition) is 4. The van der Waals surface area contributed by atoms with Crippen molar-refractivity contribution in [1.82, 2.24) is 4.90 Å². The number of para-hydroxylation sites is 2. The van der Waals surface area contributed by atoms with Gasteiger partial charge in [0.15, 0.2) is 0 Å². The van der Waals surface area contributed by atoms with Crippen LogP contribution >= 0.6 is 0 Å². The number of benzene rings is 2. The maximum Gasteiger partial charge on any atom is 0.409 e. The summed E-state index contributed by atoms with van der Waals surface area (Å²) < 4.78 is 53.3. The van der Waals surface area contributed by atoms with Crippen LogP contribution < -0.4 is 11.1 Å². The maximum atomic E-state index is 12.5. The van der Waals surface area contributed by atoms with Crippen LogP contribution in [0.25, 0.3) is 0 Å². The summed E-state index contributed by atoms with van der Waals surface area (Å²) in [6, 6.07) is 14.5. The average Bonchev–Trinajstić information content (AvgIpc) is 2.73. The molecule has 2 aromatic rings. The standard InChI is InChI=1S/C19H23N3O3/c1-22(19(24)25-14-15-8-3-2-4-9-15)13-7-12-18(23)21-17-11-6-5-10-16(17)20/h2-6,8-11H,7,12-14,20H2,1H3,(H,21,23)/i7D2,12D2,13D2. The second kappa shape index (κ2) is 9.32. The Balaban J connectivity index is 2.18. The number of nitrogens with zero attached hydrogens (tertiary/aromatic N) is 1. The van der Waals surface area contributed by atoms with Gasteiger partial charge in [-0.15, -0.1) is 0 Å². The van der Waals surface area contributed by atoms with Crippen molar-refractivity contribution in [3.63, 3.8) is 0 Å². The van der Waals surface area contributed by atoms with Crippen molar-refractivity contribution in [2.75, 3.05) is 24.6 Å². The number of nitrogens with one attached hydrogen (secondary N) is 1. The molecular weight excluding hydrogens is 318 g/mol. The fourth-order valence-electron chi connectivity index (χ4n) is 1.79. The first-order valence-corrected chi connectivity index (χ1v) is 7.43. The lowest BCUT2D eigenvalue weighted by Gasteiger charge is -2.17. The molecule has 0 aliphatic carbocycles. The van der Waals surface area contributed by atoms with Gasteiger partial charge >= 0.3 is 6.09 Å². The SMILES string of the molecule is [2H]C([2H])(C(=O)Nc1ccccc1N)C([2H])([2H])C([2H])([2H])N(C)C(=O)OCc1ccccc1. The Morgan fingerprint density at radius 1 is 1.16 bits per heavy atom. The van der Waals surface area contributed by atoms with E-state index in [2.05, 4.69) is 5.32 Å². The van der Waals surface area contributed by atoms with Gasteiger partial charge in [0.05, 0.1) is 11.4 Å². The lowest BCUT2D eigenvalue weighted by Crippen LogP contribution is -2.29. The molecule has 3 N–H and O–H groups in total. The second-order valence-electron chi connectivity index (χ2n) is 5.00.